The summed E-state index contributed by atoms with van der Waals surface area (Å²) in [7, 11) is 0. The van der Waals surface area contributed by atoms with Crippen molar-refractivity contribution in [3.63, 3.8) is 0 Å². The Labute approximate surface area is 141 Å². The average molecular weight is 371 g/mol. The average Bonchev–Trinajstić information content (AvgIpc) is 2.43. The maximum Gasteiger partial charge on any atom is 0.416 e. The van der Waals surface area contributed by atoms with Gasteiger partial charge in [-0.05, 0) is 42.3 Å². The van der Waals surface area contributed by atoms with Crippen LogP contribution in [0.15, 0.2) is 40.4 Å². The monoisotopic (exact) mass is 369 g/mol. The summed E-state index contributed by atoms with van der Waals surface area (Å²) < 4.78 is 39.2. The quantitative estimate of drug-likeness (QED) is 0.731. The van der Waals surface area contributed by atoms with E-state index in [2.05, 4.69) is 0 Å². The van der Waals surface area contributed by atoms with Crippen LogP contribution in [0.1, 0.15) is 22.6 Å². The molecule has 7 heteroatoms. The van der Waals surface area contributed by atoms with E-state index in [0.717, 1.165) is 12.1 Å². The van der Waals surface area contributed by atoms with Crippen LogP contribution >= 0.6 is 34.8 Å². The summed E-state index contributed by atoms with van der Waals surface area (Å²) in [5.41, 5.74) is 5.58. The molecule has 1 aromatic carbocycles. The fraction of sp³-hybridized carbons (Fsp3) is 0.333. The Morgan fingerprint density at radius 2 is 1.82 bits per heavy atom. The Kier molecular flexibility index (Phi) is 5.49. The number of alkyl halides is 4. The van der Waals surface area contributed by atoms with Gasteiger partial charge in [0.15, 0.2) is 0 Å². The zero-order valence-electron chi connectivity index (χ0n) is 11.3. The number of halogens is 6. The van der Waals surface area contributed by atoms with Crippen molar-refractivity contribution in [3.05, 3.63) is 57.1 Å². The van der Waals surface area contributed by atoms with Gasteiger partial charge in [0.25, 0.3) is 0 Å². The van der Waals surface area contributed by atoms with Crippen LogP contribution in [0.2, 0.25) is 0 Å². The first-order valence-electron chi connectivity index (χ1n) is 6.52. The number of rotatable bonds is 3. The number of hydrogen-bond acceptors (Lipinski definition) is 1. The number of hydrogen-bond donors (Lipinski definition) is 1. The molecule has 22 heavy (non-hydrogen) atoms. The van der Waals surface area contributed by atoms with E-state index in [4.69, 9.17) is 40.5 Å². The minimum Gasteiger partial charge on any atom is -0.330 e. The second-order valence-electron chi connectivity index (χ2n) is 4.98. The van der Waals surface area contributed by atoms with E-state index in [-0.39, 0.29) is 16.6 Å². The Morgan fingerprint density at radius 3 is 2.41 bits per heavy atom. The molecule has 2 rings (SSSR count). The molecule has 0 bridgehead atoms. The Hall–Kier alpha value is -0.680. The minimum absolute atomic E-state index is 0.238. The SMILES string of the molecule is NCCc1cc(C2C(Cl)=C(Cl)C=CC2Cl)cc(C(F)(F)F)c1. The fourth-order valence-corrected chi connectivity index (χ4v) is 3.28. The first-order valence-corrected chi connectivity index (χ1v) is 7.72. The third kappa shape index (κ3) is 3.80. The summed E-state index contributed by atoms with van der Waals surface area (Å²) in [6, 6.07) is 3.80. The lowest BCUT2D eigenvalue weighted by atomic mass is 9.88. The Bertz CT molecular complexity index is 623. The van der Waals surface area contributed by atoms with Crippen LogP contribution in [0, 0.1) is 0 Å². The van der Waals surface area contributed by atoms with Gasteiger partial charge in [0.05, 0.1) is 16.0 Å². The van der Waals surface area contributed by atoms with Crippen LogP contribution in [0.25, 0.3) is 0 Å². The minimum atomic E-state index is -4.45. The van der Waals surface area contributed by atoms with Gasteiger partial charge in [-0.25, -0.2) is 0 Å². The summed E-state index contributed by atoms with van der Waals surface area (Å²) in [6.07, 6.45) is -0.955. The Morgan fingerprint density at radius 1 is 1.14 bits per heavy atom. The third-order valence-corrected chi connectivity index (χ3v) is 4.64. The van der Waals surface area contributed by atoms with E-state index in [1.807, 2.05) is 0 Å². The van der Waals surface area contributed by atoms with Crippen molar-refractivity contribution in [2.45, 2.75) is 23.9 Å². The van der Waals surface area contributed by atoms with Gasteiger partial charge in [-0.1, -0.05) is 35.3 Å². The molecular formula is C15H13Cl3F3N. The van der Waals surface area contributed by atoms with Crippen molar-refractivity contribution in [1.82, 2.24) is 0 Å². The van der Waals surface area contributed by atoms with Crippen molar-refractivity contribution < 1.29 is 13.2 Å². The fourth-order valence-electron chi connectivity index (χ4n) is 2.36. The van der Waals surface area contributed by atoms with E-state index in [1.54, 1.807) is 18.2 Å². The summed E-state index contributed by atoms with van der Waals surface area (Å²) in [5.74, 6) is -0.611. The van der Waals surface area contributed by atoms with E-state index < -0.39 is 23.0 Å². The molecule has 0 radical (unpaired) electrons. The van der Waals surface area contributed by atoms with Gasteiger partial charge < -0.3 is 5.73 Å². The van der Waals surface area contributed by atoms with Crippen molar-refractivity contribution in [2.75, 3.05) is 6.54 Å². The molecule has 2 unspecified atom stereocenters. The van der Waals surface area contributed by atoms with Crippen LogP contribution in [0.4, 0.5) is 13.2 Å². The van der Waals surface area contributed by atoms with Gasteiger partial charge in [0.1, 0.15) is 0 Å². The van der Waals surface area contributed by atoms with Gasteiger partial charge in [-0.15, -0.1) is 11.6 Å². The first kappa shape index (κ1) is 17.7. The summed E-state index contributed by atoms with van der Waals surface area (Å²) in [6.45, 7) is 0.250. The Balaban J connectivity index is 2.54. The van der Waals surface area contributed by atoms with Gasteiger partial charge >= 0.3 is 6.18 Å². The molecule has 0 spiro atoms. The van der Waals surface area contributed by atoms with E-state index in [9.17, 15) is 13.2 Å². The normalized spacial score (nSPS) is 22.3. The second-order valence-corrected chi connectivity index (χ2v) is 6.30. The van der Waals surface area contributed by atoms with Crippen LogP contribution in [-0.4, -0.2) is 11.9 Å². The van der Waals surface area contributed by atoms with Crippen LogP contribution in [0.3, 0.4) is 0 Å². The molecule has 1 nitrogen and oxygen atoms in total. The summed E-state index contributed by atoms with van der Waals surface area (Å²) >= 11 is 18.3. The molecule has 0 saturated heterocycles. The highest BCUT2D eigenvalue weighted by Crippen LogP contribution is 2.42. The predicted octanol–water partition coefficient (Wildman–Crippen LogP) is 5.16. The summed E-state index contributed by atoms with van der Waals surface area (Å²) in [5, 5.41) is -0.0484. The molecule has 0 saturated carbocycles. The second kappa shape index (κ2) is 6.83. The highest BCUT2D eigenvalue weighted by molar-refractivity contribution is 6.41. The van der Waals surface area contributed by atoms with Crippen molar-refractivity contribution in [3.8, 4) is 0 Å². The predicted molar refractivity (Wildman–Crippen MR) is 84.5 cm³/mol. The van der Waals surface area contributed by atoms with Crippen molar-refractivity contribution in [1.29, 1.82) is 0 Å². The molecule has 0 amide bonds. The van der Waals surface area contributed by atoms with Crippen LogP contribution in [0.5, 0.6) is 0 Å². The molecule has 120 valence electrons. The molecule has 0 aliphatic heterocycles. The smallest absolute Gasteiger partial charge is 0.330 e. The molecule has 0 aromatic heterocycles. The maximum atomic E-state index is 13.1. The largest absolute Gasteiger partial charge is 0.416 e. The molecule has 1 aliphatic carbocycles. The lowest BCUT2D eigenvalue weighted by Gasteiger charge is -2.25. The summed E-state index contributed by atoms with van der Waals surface area (Å²) in [4.78, 5) is 0. The van der Waals surface area contributed by atoms with Crippen LogP contribution in [-0.2, 0) is 12.6 Å². The zero-order chi connectivity index (χ0) is 16.5. The topological polar surface area (TPSA) is 26.0 Å². The molecule has 2 N–H and O–H groups in total. The molecule has 1 aromatic rings. The first-order chi connectivity index (χ1) is 10.2. The third-order valence-electron chi connectivity index (χ3n) is 3.38. The highest BCUT2D eigenvalue weighted by atomic mass is 35.5. The van der Waals surface area contributed by atoms with Crippen molar-refractivity contribution in [2.24, 2.45) is 5.73 Å². The molecule has 0 heterocycles. The molecule has 0 fully saturated rings. The number of allylic oxidation sites excluding steroid dienone is 4. The van der Waals surface area contributed by atoms with Gasteiger partial charge in [-0.3, -0.25) is 0 Å². The number of nitrogens with two attached hydrogens (primary N) is 1. The highest BCUT2D eigenvalue weighted by Gasteiger charge is 2.34. The standard InChI is InChI=1S/C15H13Cl3F3N/c16-11-1-2-12(17)14(18)13(11)9-5-8(3-4-22)6-10(7-9)15(19,20)21/h1-2,5-7,11,13H,3-4,22H2. The lowest BCUT2D eigenvalue weighted by Crippen LogP contribution is -2.17. The lowest BCUT2D eigenvalue weighted by molar-refractivity contribution is -0.137. The van der Waals surface area contributed by atoms with E-state index in [0.29, 0.717) is 17.5 Å². The van der Waals surface area contributed by atoms with Gasteiger partial charge in [0.2, 0.25) is 0 Å². The van der Waals surface area contributed by atoms with Crippen molar-refractivity contribution >= 4 is 34.8 Å². The van der Waals surface area contributed by atoms with Gasteiger partial charge in [-0.2, -0.15) is 13.2 Å². The molecule has 2 atom stereocenters. The van der Waals surface area contributed by atoms with Gasteiger partial charge in [0, 0.05) is 11.0 Å². The van der Waals surface area contributed by atoms with Crippen LogP contribution < -0.4 is 5.73 Å². The number of benzene rings is 1. The maximum absolute atomic E-state index is 13.1. The van der Waals surface area contributed by atoms with E-state index >= 15 is 0 Å². The van der Waals surface area contributed by atoms with E-state index in [1.165, 1.54) is 0 Å². The molecule has 1 aliphatic rings. The molecular weight excluding hydrogens is 358 g/mol. The zero-order valence-corrected chi connectivity index (χ0v) is 13.6.